The van der Waals surface area contributed by atoms with Crippen LogP contribution in [0.5, 0.6) is 0 Å². The Morgan fingerprint density at radius 1 is 0.913 bits per heavy atom. The molecule has 0 bridgehead atoms. The van der Waals surface area contributed by atoms with Gasteiger partial charge < -0.3 is 0 Å². The van der Waals surface area contributed by atoms with Crippen LogP contribution in [0, 0.1) is 5.82 Å². The van der Waals surface area contributed by atoms with Crippen LogP contribution in [-0.2, 0) is 6.54 Å². The van der Waals surface area contributed by atoms with Crippen molar-refractivity contribution in [2.75, 3.05) is 13.1 Å². The smallest absolute Gasteiger partial charge is 0.261 e. The van der Waals surface area contributed by atoms with Gasteiger partial charge in [0, 0.05) is 19.6 Å². The average Bonchev–Trinajstić information content (AvgIpc) is 2.77. The highest BCUT2D eigenvalue weighted by molar-refractivity contribution is 6.21. The zero-order chi connectivity index (χ0) is 16.0. The Hall–Kier alpha value is -2.53. The number of halogens is 1. The fourth-order valence-electron chi connectivity index (χ4n) is 3.22. The fourth-order valence-corrected chi connectivity index (χ4v) is 3.22. The van der Waals surface area contributed by atoms with Gasteiger partial charge in [-0.3, -0.25) is 19.4 Å². The molecule has 2 heterocycles. The Bertz CT molecular complexity index is 747. The first-order valence-electron chi connectivity index (χ1n) is 7.57. The van der Waals surface area contributed by atoms with Crippen molar-refractivity contribution in [2.24, 2.45) is 0 Å². The monoisotopic (exact) mass is 310 g/mol. The molecule has 1 fully saturated rings. The Balaban J connectivity index is 1.42. The minimum Gasteiger partial charge on any atom is -0.295 e. The van der Waals surface area contributed by atoms with Gasteiger partial charge in [0.15, 0.2) is 0 Å². The first kappa shape index (κ1) is 14.1. The summed E-state index contributed by atoms with van der Waals surface area (Å²) >= 11 is 0. The lowest BCUT2D eigenvalue weighted by atomic mass is 10.1. The molecule has 0 radical (unpaired) electrons. The Morgan fingerprint density at radius 2 is 1.48 bits per heavy atom. The van der Waals surface area contributed by atoms with E-state index >= 15 is 0 Å². The topological polar surface area (TPSA) is 40.6 Å². The predicted molar refractivity (Wildman–Crippen MR) is 82.4 cm³/mol. The van der Waals surface area contributed by atoms with E-state index in [1.165, 1.54) is 17.0 Å². The van der Waals surface area contributed by atoms with Gasteiger partial charge in [-0.05, 0) is 29.8 Å². The molecule has 5 heteroatoms. The summed E-state index contributed by atoms with van der Waals surface area (Å²) in [4.78, 5) is 28.3. The predicted octanol–water partition coefficient (Wildman–Crippen LogP) is 2.31. The second-order valence-electron chi connectivity index (χ2n) is 6.00. The SMILES string of the molecule is O=C1c2ccccc2C(=O)N1C1CN(Cc2ccc(F)cc2)C1. The van der Waals surface area contributed by atoms with Crippen LogP contribution in [0.3, 0.4) is 0 Å². The lowest BCUT2D eigenvalue weighted by molar-refractivity contribution is 0.0254. The van der Waals surface area contributed by atoms with Crippen molar-refractivity contribution < 1.29 is 14.0 Å². The van der Waals surface area contributed by atoms with Gasteiger partial charge in [0.25, 0.3) is 11.8 Å². The number of carbonyl (C=O) groups is 2. The first-order chi connectivity index (χ1) is 11.1. The van der Waals surface area contributed by atoms with Crippen LogP contribution in [-0.4, -0.2) is 40.7 Å². The summed E-state index contributed by atoms with van der Waals surface area (Å²) in [6.45, 7) is 2.01. The van der Waals surface area contributed by atoms with Gasteiger partial charge in [0.1, 0.15) is 5.82 Å². The third kappa shape index (κ3) is 2.33. The number of imide groups is 1. The molecule has 116 valence electrons. The van der Waals surface area contributed by atoms with Crippen LogP contribution >= 0.6 is 0 Å². The highest BCUT2D eigenvalue weighted by Gasteiger charge is 2.44. The van der Waals surface area contributed by atoms with Gasteiger partial charge in [-0.25, -0.2) is 4.39 Å². The Labute approximate surface area is 133 Å². The van der Waals surface area contributed by atoms with E-state index in [9.17, 15) is 14.0 Å². The number of fused-ring (bicyclic) bond motifs is 1. The normalized spacial score (nSPS) is 18.2. The van der Waals surface area contributed by atoms with Crippen LogP contribution in [0.4, 0.5) is 4.39 Å². The lowest BCUT2D eigenvalue weighted by Crippen LogP contribution is -2.60. The molecule has 2 aromatic carbocycles. The van der Waals surface area contributed by atoms with Gasteiger partial charge in [-0.1, -0.05) is 24.3 Å². The zero-order valence-corrected chi connectivity index (χ0v) is 12.4. The summed E-state index contributed by atoms with van der Waals surface area (Å²) in [6, 6.07) is 13.3. The molecule has 2 aromatic rings. The summed E-state index contributed by atoms with van der Waals surface area (Å²) in [5.74, 6) is -0.643. The standard InChI is InChI=1S/C18H15FN2O2/c19-13-7-5-12(6-8-13)9-20-10-14(11-20)21-17(22)15-3-1-2-4-16(15)18(21)23/h1-8,14H,9-11H2. The fraction of sp³-hybridized carbons (Fsp3) is 0.222. The quantitative estimate of drug-likeness (QED) is 0.817. The molecule has 0 aromatic heterocycles. The van der Waals surface area contributed by atoms with Crippen LogP contribution in [0.15, 0.2) is 48.5 Å². The third-order valence-electron chi connectivity index (χ3n) is 4.45. The maximum atomic E-state index is 12.9. The molecule has 0 spiro atoms. The van der Waals surface area contributed by atoms with Crippen molar-refractivity contribution >= 4 is 11.8 Å². The van der Waals surface area contributed by atoms with Crippen molar-refractivity contribution in [3.63, 3.8) is 0 Å². The second-order valence-corrected chi connectivity index (χ2v) is 6.00. The van der Waals surface area contributed by atoms with E-state index < -0.39 is 0 Å². The number of nitrogens with zero attached hydrogens (tertiary/aromatic N) is 2. The van der Waals surface area contributed by atoms with Crippen molar-refractivity contribution in [1.82, 2.24) is 9.80 Å². The molecule has 1 saturated heterocycles. The number of hydrogen-bond donors (Lipinski definition) is 0. The molecule has 4 nitrogen and oxygen atoms in total. The summed E-state index contributed by atoms with van der Waals surface area (Å²) in [7, 11) is 0. The lowest BCUT2D eigenvalue weighted by Gasteiger charge is -2.43. The van der Waals surface area contributed by atoms with Gasteiger partial charge in [0.2, 0.25) is 0 Å². The van der Waals surface area contributed by atoms with Crippen LogP contribution in [0.2, 0.25) is 0 Å². The summed E-state index contributed by atoms with van der Waals surface area (Å²) < 4.78 is 12.9. The highest BCUT2D eigenvalue weighted by atomic mass is 19.1. The molecular formula is C18H15FN2O2. The van der Waals surface area contributed by atoms with E-state index in [0.717, 1.165) is 5.56 Å². The van der Waals surface area contributed by atoms with Gasteiger partial charge in [0.05, 0.1) is 17.2 Å². The molecule has 0 aliphatic carbocycles. The number of rotatable bonds is 3. The van der Waals surface area contributed by atoms with E-state index in [1.54, 1.807) is 36.4 Å². The van der Waals surface area contributed by atoms with Gasteiger partial charge in [-0.15, -0.1) is 0 Å². The molecule has 0 unspecified atom stereocenters. The second kappa shape index (κ2) is 5.28. The van der Waals surface area contributed by atoms with E-state index in [1.807, 2.05) is 0 Å². The van der Waals surface area contributed by atoms with E-state index in [0.29, 0.717) is 30.8 Å². The van der Waals surface area contributed by atoms with Crippen molar-refractivity contribution in [3.8, 4) is 0 Å². The van der Waals surface area contributed by atoms with Crippen molar-refractivity contribution in [3.05, 3.63) is 71.0 Å². The third-order valence-corrected chi connectivity index (χ3v) is 4.45. The molecule has 23 heavy (non-hydrogen) atoms. The minimum atomic E-state index is -0.249. The number of benzene rings is 2. The highest BCUT2D eigenvalue weighted by Crippen LogP contribution is 2.28. The van der Waals surface area contributed by atoms with Crippen LogP contribution in [0.1, 0.15) is 26.3 Å². The van der Waals surface area contributed by atoms with E-state index in [2.05, 4.69) is 4.90 Å². The number of amides is 2. The largest absolute Gasteiger partial charge is 0.295 e. The molecule has 2 amide bonds. The molecular weight excluding hydrogens is 295 g/mol. The molecule has 0 N–H and O–H groups in total. The summed E-state index contributed by atoms with van der Waals surface area (Å²) in [5.41, 5.74) is 2.01. The van der Waals surface area contributed by atoms with E-state index in [-0.39, 0.29) is 23.7 Å². The van der Waals surface area contributed by atoms with Crippen LogP contribution in [0.25, 0.3) is 0 Å². The summed E-state index contributed by atoms with van der Waals surface area (Å²) in [5, 5.41) is 0. The van der Waals surface area contributed by atoms with Crippen molar-refractivity contribution in [1.29, 1.82) is 0 Å². The van der Waals surface area contributed by atoms with E-state index in [4.69, 9.17) is 0 Å². The average molecular weight is 310 g/mol. The Morgan fingerprint density at radius 3 is 2.04 bits per heavy atom. The minimum absolute atomic E-state index is 0.0807. The number of likely N-dealkylation sites (tertiary alicyclic amines) is 1. The zero-order valence-electron chi connectivity index (χ0n) is 12.4. The summed E-state index contributed by atoms with van der Waals surface area (Å²) in [6.07, 6.45) is 0. The number of carbonyl (C=O) groups excluding carboxylic acids is 2. The maximum Gasteiger partial charge on any atom is 0.261 e. The van der Waals surface area contributed by atoms with Gasteiger partial charge in [-0.2, -0.15) is 0 Å². The Kier molecular flexibility index (Phi) is 3.23. The molecule has 2 aliphatic heterocycles. The molecule has 4 rings (SSSR count). The first-order valence-corrected chi connectivity index (χ1v) is 7.57. The van der Waals surface area contributed by atoms with Gasteiger partial charge >= 0.3 is 0 Å². The molecule has 2 aliphatic rings. The number of hydrogen-bond acceptors (Lipinski definition) is 3. The maximum absolute atomic E-state index is 12.9. The molecule has 0 atom stereocenters. The van der Waals surface area contributed by atoms with Crippen LogP contribution < -0.4 is 0 Å². The van der Waals surface area contributed by atoms with Crippen molar-refractivity contribution in [2.45, 2.75) is 12.6 Å². The molecule has 0 saturated carbocycles.